The van der Waals surface area contributed by atoms with E-state index >= 15 is 0 Å². The molecule has 0 spiro atoms. The number of nitrogens with one attached hydrogen (secondary N) is 1. The first-order valence-corrected chi connectivity index (χ1v) is 11.4. The van der Waals surface area contributed by atoms with Crippen molar-refractivity contribution in [1.82, 2.24) is 5.32 Å². The number of benzene rings is 3. The van der Waals surface area contributed by atoms with Gasteiger partial charge >= 0.3 is 0 Å². The summed E-state index contributed by atoms with van der Waals surface area (Å²) in [6, 6.07) is 22.0. The lowest BCUT2D eigenvalue weighted by Crippen LogP contribution is -2.43. The van der Waals surface area contributed by atoms with E-state index in [1.165, 1.54) is 4.31 Å². The van der Waals surface area contributed by atoms with Gasteiger partial charge in [-0.2, -0.15) is 0 Å². The Morgan fingerprint density at radius 3 is 2.27 bits per heavy atom. The second-order valence-corrected chi connectivity index (χ2v) is 9.29. The molecule has 1 aliphatic rings. The predicted molar refractivity (Wildman–Crippen MR) is 119 cm³/mol. The van der Waals surface area contributed by atoms with Crippen LogP contribution in [0.3, 0.4) is 0 Å². The van der Waals surface area contributed by atoms with Crippen molar-refractivity contribution < 1.29 is 13.2 Å². The Morgan fingerprint density at radius 1 is 0.933 bits per heavy atom. The monoisotopic (exact) mass is 420 g/mol. The molecule has 0 saturated heterocycles. The molecule has 1 amide bonds. The van der Waals surface area contributed by atoms with Crippen LogP contribution in [-0.4, -0.2) is 20.9 Å². The minimum atomic E-state index is -3.83. The van der Waals surface area contributed by atoms with Gasteiger partial charge < -0.3 is 5.32 Å². The number of hydrogen-bond acceptors (Lipinski definition) is 3. The van der Waals surface area contributed by atoms with Crippen molar-refractivity contribution in [3.8, 4) is 11.1 Å². The van der Waals surface area contributed by atoms with Crippen molar-refractivity contribution in [2.75, 3.05) is 10.8 Å². The molecule has 0 radical (unpaired) electrons. The first-order chi connectivity index (χ1) is 14.4. The quantitative estimate of drug-likeness (QED) is 0.664. The molecular formula is C24H24N2O3S. The van der Waals surface area contributed by atoms with Gasteiger partial charge in [0, 0.05) is 11.1 Å². The Hall–Kier alpha value is -3.12. The van der Waals surface area contributed by atoms with Crippen LogP contribution in [0.5, 0.6) is 0 Å². The number of aryl methyl sites for hydroxylation is 1. The lowest BCUT2D eigenvalue weighted by Gasteiger charge is -2.32. The highest BCUT2D eigenvalue weighted by molar-refractivity contribution is 7.93. The number of anilines is 1. The Balaban J connectivity index is 1.64. The SMILES string of the molecule is CCC(NC(=O)CN1c2ccccc2-c2ccccc2S1(=O)=O)c1ccc(C)cc1. The minimum absolute atomic E-state index is 0.173. The van der Waals surface area contributed by atoms with Crippen LogP contribution in [0.2, 0.25) is 0 Å². The molecule has 1 unspecified atom stereocenters. The molecule has 0 fully saturated rings. The highest BCUT2D eigenvalue weighted by atomic mass is 32.2. The van der Waals surface area contributed by atoms with Gasteiger partial charge in [0.15, 0.2) is 0 Å². The van der Waals surface area contributed by atoms with Crippen LogP contribution in [0, 0.1) is 6.92 Å². The molecule has 30 heavy (non-hydrogen) atoms. The Morgan fingerprint density at radius 2 is 1.57 bits per heavy atom. The fourth-order valence-electron chi connectivity index (χ4n) is 3.84. The maximum atomic E-state index is 13.3. The number of carbonyl (C=O) groups excluding carboxylic acids is 1. The molecule has 1 aliphatic heterocycles. The smallest absolute Gasteiger partial charge is 0.265 e. The Kier molecular flexibility index (Phi) is 5.35. The van der Waals surface area contributed by atoms with Crippen molar-refractivity contribution in [3.05, 3.63) is 83.9 Å². The van der Waals surface area contributed by atoms with Gasteiger partial charge in [-0.05, 0) is 31.0 Å². The summed E-state index contributed by atoms with van der Waals surface area (Å²) in [6.45, 7) is 3.74. The molecule has 154 valence electrons. The van der Waals surface area contributed by atoms with Gasteiger partial charge in [0.2, 0.25) is 5.91 Å². The first kappa shape index (κ1) is 20.2. The number of rotatable bonds is 5. The standard InChI is InChI=1S/C24H24N2O3S/c1-3-21(18-14-12-17(2)13-15-18)25-24(27)16-26-22-10-6-4-8-19(22)20-9-5-7-11-23(20)30(26,28)29/h4-15,21H,3,16H2,1-2H3,(H,25,27). The molecular weight excluding hydrogens is 396 g/mol. The number of sulfonamides is 1. The van der Waals surface area contributed by atoms with Gasteiger partial charge in [-0.15, -0.1) is 0 Å². The van der Waals surface area contributed by atoms with Gasteiger partial charge in [0.05, 0.1) is 16.6 Å². The highest BCUT2D eigenvalue weighted by Gasteiger charge is 2.35. The van der Waals surface area contributed by atoms with Crippen LogP contribution in [0.1, 0.15) is 30.5 Å². The van der Waals surface area contributed by atoms with E-state index in [-0.39, 0.29) is 23.4 Å². The van der Waals surface area contributed by atoms with Crippen LogP contribution in [0.4, 0.5) is 5.69 Å². The van der Waals surface area contributed by atoms with E-state index in [1.54, 1.807) is 30.3 Å². The molecule has 1 N–H and O–H groups in total. The van der Waals surface area contributed by atoms with Crippen LogP contribution in [0.15, 0.2) is 77.7 Å². The topological polar surface area (TPSA) is 66.5 Å². The zero-order valence-corrected chi connectivity index (χ0v) is 17.8. The van der Waals surface area contributed by atoms with E-state index in [9.17, 15) is 13.2 Å². The first-order valence-electron chi connectivity index (χ1n) is 9.99. The maximum absolute atomic E-state index is 13.3. The van der Waals surface area contributed by atoms with Crippen molar-refractivity contribution in [1.29, 1.82) is 0 Å². The van der Waals surface area contributed by atoms with E-state index in [1.807, 2.05) is 56.3 Å². The summed E-state index contributed by atoms with van der Waals surface area (Å²) in [7, 11) is -3.83. The summed E-state index contributed by atoms with van der Waals surface area (Å²) in [4.78, 5) is 13.1. The normalized spacial score (nSPS) is 15.1. The number of carbonyl (C=O) groups is 1. The molecule has 0 saturated carbocycles. The summed E-state index contributed by atoms with van der Waals surface area (Å²) in [5.74, 6) is -0.333. The molecule has 0 aromatic heterocycles. The van der Waals surface area contributed by atoms with E-state index in [2.05, 4.69) is 5.32 Å². The lowest BCUT2D eigenvalue weighted by atomic mass is 10.0. The summed E-state index contributed by atoms with van der Waals surface area (Å²) in [6.07, 6.45) is 0.709. The Labute approximate surface area is 177 Å². The van der Waals surface area contributed by atoms with Gasteiger partial charge in [-0.25, -0.2) is 8.42 Å². The zero-order chi connectivity index (χ0) is 21.3. The van der Waals surface area contributed by atoms with Crippen molar-refractivity contribution in [2.45, 2.75) is 31.2 Å². The minimum Gasteiger partial charge on any atom is -0.348 e. The average Bonchev–Trinajstić information content (AvgIpc) is 2.76. The molecule has 4 rings (SSSR count). The predicted octanol–water partition coefficient (Wildman–Crippen LogP) is 4.44. The van der Waals surface area contributed by atoms with E-state index in [0.29, 0.717) is 17.7 Å². The zero-order valence-electron chi connectivity index (χ0n) is 17.0. The molecule has 1 heterocycles. The van der Waals surface area contributed by atoms with Gasteiger partial charge in [0.1, 0.15) is 6.54 Å². The van der Waals surface area contributed by atoms with Crippen molar-refractivity contribution in [3.63, 3.8) is 0 Å². The van der Waals surface area contributed by atoms with E-state index in [4.69, 9.17) is 0 Å². The van der Waals surface area contributed by atoms with Crippen molar-refractivity contribution in [2.24, 2.45) is 0 Å². The van der Waals surface area contributed by atoms with Crippen LogP contribution in [0.25, 0.3) is 11.1 Å². The Bertz CT molecular complexity index is 1190. The van der Waals surface area contributed by atoms with Crippen LogP contribution in [-0.2, 0) is 14.8 Å². The third-order valence-electron chi connectivity index (χ3n) is 5.43. The van der Waals surface area contributed by atoms with E-state index < -0.39 is 10.0 Å². The van der Waals surface area contributed by atoms with Gasteiger partial charge in [0.25, 0.3) is 10.0 Å². The summed E-state index contributed by atoms with van der Waals surface area (Å²) >= 11 is 0. The number of amides is 1. The van der Waals surface area contributed by atoms with Crippen molar-refractivity contribution >= 4 is 21.6 Å². The number of nitrogens with zero attached hydrogens (tertiary/aromatic N) is 1. The number of fused-ring (bicyclic) bond motifs is 3. The lowest BCUT2D eigenvalue weighted by molar-refractivity contribution is -0.120. The summed E-state index contributed by atoms with van der Waals surface area (Å²) in [5.41, 5.74) is 4.14. The fraction of sp³-hybridized carbons (Fsp3) is 0.208. The van der Waals surface area contributed by atoms with Crippen LogP contribution < -0.4 is 9.62 Å². The second kappa shape index (κ2) is 7.95. The third-order valence-corrected chi connectivity index (χ3v) is 7.25. The van der Waals surface area contributed by atoms with Gasteiger partial charge in [-0.1, -0.05) is 73.2 Å². The molecule has 3 aromatic rings. The third kappa shape index (κ3) is 3.59. The summed E-state index contributed by atoms with van der Waals surface area (Å²) in [5, 5.41) is 3.00. The molecule has 0 bridgehead atoms. The average molecular weight is 421 g/mol. The molecule has 0 aliphatic carbocycles. The molecule has 3 aromatic carbocycles. The molecule has 5 nitrogen and oxygen atoms in total. The van der Waals surface area contributed by atoms with Crippen LogP contribution >= 0.6 is 0 Å². The largest absolute Gasteiger partial charge is 0.348 e. The molecule has 6 heteroatoms. The highest BCUT2D eigenvalue weighted by Crippen LogP contribution is 2.42. The fourth-order valence-corrected chi connectivity index (χ4v) is 5.49. The number of para-hydroxylation sites is 1. The summed E-state index contributed by atoms with van der Waals surface area (Å²) < 4.78 is 27.8. The molecule has 1 atom stereocenters. The number of hydrogen-bond donors (Lipinski definition) is 1. The maximum Gasteiger partial charge on any atom is 0.265 e. The second-order valence-electron chi connectivity index (χ2n) is 7.46. The van der Waals surface area contributed by atoms with E-state index in [0.717, 1.165) is 16.7 Å². The van der Waals surface area contributed by atoms with Gasteiger partial charge in [-0.3, -0.25) is 9.10 Å².